The molecule has 0 bridgehead atoms. The van der Waals surface area contributed by atoms with Crippen LogP contribution in [-0.4, -0.2) is 0 Å². The normalized spacial score (nSPS) is 9.78. The van der Waals surface area contributed by atoms with Gasteiger partial charge in [-0.3, -0.25) is 0 Å². The fourth-order valence-electron chi connectivity index (χ4n) is 1.69. The van der Waals surface area contributed by atoms with E-state index in [0.29, 0.717) is 23.6 Å². The summed E-state index contributed by atoms with van der Waals surface area (Å²) in [5.41, 5.74) is 8.94. The van der Waals surface area contributed by atoms with Crippen LogP contribution in [0.2, 0.25) is 0 Å². The van der Waals surface area contributed by atoms with Crippen molar-refractivity contribution in [3.05, 3.63) is 59.2 Å². The van der Waals surface area contributed by atoms with Crippen LogP contribution in [0.15, 0.2) is 42.5 Å². The van der Waals surface area contributed by atoms with Gasteiger partial charge in [0, 0.05) is 5.69 Å². The zero-order chi connectivity index (χ0) is 13.0. The van der Waals surface area contributed by atoms with Crippen LogP contribution >= 0.6 is 0 Å². The van der Waals surface area contributed by atoms with Crippen LogP contribution in [-0.2, 0) is 6.61 Å². The van der Waals surface area contributed by atoms with E-state index in [1.54, 1.807) is 18.2 Å². The smallest absolute Gasteiger partial charge is 0.137 e. The number of hydrogen-bond donors (Lipinski definition) is 1. The summed E-state index contributed by atoms with van der Waals surface area (Å²) in [7, 11) is 0. The predicted molar refractivity (Wildman–Crippen MR) is 71.1 cm³/mol. The number of ether oxygens (including phenoxy) is 1. The Morgan fingerprint density at radius 1 is 1.22 bits per heavy atom. The number of nitrogen functional groups attached to an aromatic ring is 1. The minimum atomic E-state index is 0.450. The average Bonchev–Trinajstić information content (AvgIpc) is 2.39. The molecular formula is C15H14N2O. The van der Waals surface area contributed by atoms with Gasteiger partial charge >= 0.3 is 0 Å². The number of benzene rings is 2. The highest BCUT2D eigenvalue weighted by atomic mass is 16.5. The largest absolute Gasteiger partial charge is 0.488 e. The molecule has 0 saturated heterocycles. The predicted octanol–water partition coefficient (Wildman–Crippen LogP) is 3.03. The van der Waals surface area contributed by atoms with Crippen molar-refractivity contribution in [1.82, 2.24) is 0 Å². The van der Waals surface area contributed by atoms with Gasteiger partial charge in [-0.05, 0) is 36.2 Å². The van der Waals surface area contributed by atoms with E-state index in [2.05, 4.69) is 6.07 Å². The molecule has 0 fully saturated rings. The lowest BCUT2D eigenvalue weighted by Gasteiger charge is -2.10. The Balaban J connectivity index is 2.16. The van der Waals surface area contributed by atoms with Gasteiger partial charge in [0.2, 0.25) is 0 Å². The zero-order valence-electron chi connectivity index (χ0n) is 10.2. The van der Waals surface area contributed by atoms with Gasteiger partial charge in [0.05, 0.1) is 5.56 Å². The Hall–Kier alpha value is -2.47. The lowest BCUT2D eigenvalue weighted by atomic mass is 10.1. The van der Waals surface area contributed by atoms with E-state index in [0.717, 1.165) is 5.56 Å². The van der Waals surface area contributed by atoms with Crippen molar-refractivity contribution in [1.29, 1.82) is 5.26 Å². The second kappa shape index (κ2) is 5.24. The Morgan fingerprint density at radius 2 is 2.00 bits per heavy atom. The van der Waals surface area contributed by atoms with E-state index in [4.69, 9.17) is 15.7 Å². The molecule has 0 saturated carbocycles. The van der Waals surface area contributed by atoms with Crippen molar-refractivity contribution < 1.29 is 4.74 Å². The quantitative estimate of drug-likeness (QED) is 0.836. The fraction of sp³-hybridized carbons (Fsp3) is 0.133. The molecule has 0 spiro atoms. The highest BCUT2D eigenvalue weighted by molar-refractivity contribution is 5.53. The van der Waals surface area contributed by atoms with Crippen LogP contribution in [0.3, 0.4) is 0 Å². The number of hydrogen-bond acceptors (Lipinski definition) is 3. The van der Waals surface area contributed by atoms with E-state index in [1.165, 1.54) is 5.56 Å². The van der Waals surface area contributed by atoms with Crippen molar-refractivity contribution in [3.8, 4) is 11.8 Å². The van der Waals surface area contributed by atoms with Crippen LogP contribution in [0.4, 0.5) is 5.69 Å². The molecule has 2 N–H and O–H groups in total. The molecule has 0 atom stereocenters. The second-order valence-electron chi connectivity index (χ2n) is 4.08. The first-order valence-corrected chi connectivity index (χ1v) is 5.67. The summed E-state index contributed by atoms with van der Waals surface area (Å²) in [4.78, 5) is 0. The summed E-state index contributed by atoms with van der Waals surface area (Å²) in [6.07, 6.45) is 0. The first-order valence-electron chi connectivity index (χ1n) is 5.67. The molecule has 0 unspecified atom stereocenters. The van der Waals surface area contributed by atoms with Gasteiger partial charge < -0.3 is 10.5 Å². The van der Waals surface area contributed by atoms with E-state index >= 15 is 0 Å². The van der Waals surface area contributed by atoms with Crippen LogP contribution < -0.4 is 10.5 Å². The minimum absolute atomic E-state index is 0.450. The van der Waals surface area contributed by atoms with Gasteiger partial charge in [0.15, 0.2) is 0 Å². The first kappa shape index (κ1) is 12.0. The van der Waals surface area contributed by atoms with Crippen LogP contribution in [0.5, 0.6) is 5.75 Å². The topological polar surface area (TPSA) is 59.0 Å². The third kappa shape index (κ3) is 2.61. The molecule has 0 amide bonds. The molecule has 0 aliphatic carbocycles. The van der Waals surface area contributed by atoms with Crippen molar-refractivity contribution >= 4 is 5.69 Å². The number of aryl methyl sites for hydroxylation is 1. The Morgan fingerprint density at radius 3 is 2.72 bits per heavy atom. The molecular weight excluding hydrogens is 224 g/mol. The van der Waals surface area contributed by atoms with Gasteiger partial charge in [-0.15, -0.1) is 0 Å². The summed E-state index contributed by atoms with van der Waals surface area (Å²) in [6, 6.07) is 15.2. The maximum Gasteiger partial charge on any atom is 0.137 e. The number of rotatable bonds is 3. The molecule has 90 valence electrons. The van der Waals surface area contributed by atoms with Gasteiger partial charge in [-0.25, -0.2) is 0 Å². The number of nitrogens with zero attached hydrogens (tertiary/aromatic N) is 1. The van der Waals surface area contributed by atoms with Crippen molar-refractivity contribution in [2.24, 2.45) is 0 Å². The SMILES string of the molecule is Cc1ccccc1COc1ccc(N)cc1C#N. The fourth-order valence-corrected chi connectivity index (χ4v) is 1.69. The molecule has 18 heavy (non-hydrogen) atoms. The highest BCUT2D eigenvalue weighted by Gasteiger charge is 2.05. The van der Waals surface area contributed by atoms with Crippen molar-refractivity contribution in [3.63, 3.8) is 0 Å². The monoisotopic (exact) mass is 238 g/mol. The third-order valence-electron chi connectivity index (χ3n) is 2.77. The number of nitrogens with two attached hydrogens (primary N) is 1. The summed E-state index contributed by atoms with van der Waals surface area (Å²) in [6.45, 7) is 2.48. The van der Waals surface area contributed by atoms with Gasteiger partial charge in [0.25, 0.3) is 0 Å². The minimum Gasteiger partial charge on any atom is -0.488 e. The molecule has 0 radical (unpaired) electrons. The van der Waals surface area contributed by atoms with E-state index < -0.39 is 0 Å². The van der Waals surface area contributed by atoms with Crippen molar-refractivity contribution in [2.45, 2.75) is 13.5 Å². The van der Waals surface area contributed by atoms with E-state index in [-0.39, 0.29) is 0 Å². The molecule has 2 rings (SSSR count). The summed E-state index contributed by atoms with van der Waals surface area (Å²) in [5.74, 6) is 0.565. The van der Waals surface area contributed by atoms with E-state index in [1.807, 2.05) is 31.2 Å². The maximum absolute atomic E-state index is 9.01. The van der Waals surface area contributed by atoms with Crippen LogP contribution in [0.1, 0.15) is 16.7 Å². The summed E-state index contributed by atoms with van der Waals surface area (Å²) >= 11 is 0. The molecule has 2 aromatic carbocycles. The molecule has 3 heteroatoms. The molecule has 0 heterocycles. The Labute approximate surface area is 106 Å². The highest BCUT2D eigenvalue weighted by Crippen LogP contribution is 2.22. The summed E-state index contributed by atoms with van der Waals surface area (Å²) < 4.78 is 5.67. The molecule has 0 aliphatic heterocycles. The maximum atomic E-state index is 9.01. The molecule has 0 aliphatic rings. The van der Waals surface area contributed by atoms with Crippen LogP contribution in [0.25, 0.3) is 0 Å². The Bertz CT molecular complexity index is 600. The molecule has 0 aromatic heterocycles. The molecule has 2 aromatic rings. The Kier molecular flexibility index (Phi) is 3.49. The third-order valence-corrected chi connectivity index (χ3v) is 2.77. The zero-order valence-corrected chi connectivity index (χ0v) is 10.2. The average molecular weight is 238 g/mol. The number of anilines is 1. The second-order valence-corrected chi connectivity index (χ2v) is 4.08. The molecule has 3 nitrogen and oxygen atoms in total. The standard InChI is InChI=1S/C15H14N2O/c1-11-4-2-3-5-12(11)10-18-15-7-6-14(17)8-13(15)9-16/h2-8H,10,17H2,1H3. The summed E-state index contributed by atoms with van der Waals surface area (Å²) in [5, 5.41) is 9.01. The van der Waals surface area contributed by atoms with Gasteiger partial charge in [0.1, 0.15) is 18.4 Å². The van der Waals surface area contributed by atoms with Crippen LogP contribution in [0, 0.1) is 18.3 Å². The van der Waals surface area contributed by atoms with Crippen molar-refractivity contribution in [2.75, 3.05) is 5.73 Å². The van der Waals surface area contributed by atoms with Gasteiger partial charge in [-0.1, -0.05) is 24.3 Å². The van der Waals surface area contributed by atoms with E-state index in [9.17, 15) is 0 Å². The van der Waals surface area contributed by atoms with Gasteiger partial charge in [-0.2, -0.15) is 5.26 Å². The lowest BCUT2D eigenvalue weighted by Crippen LogP contribution is -1.99. The number of nitriles is 1. The first-order chi connectivity index (χ1) is 8.70. The lowest BCUT2D eigenvalue weighted by molar-refractivity contribution is 0.304.